The lowest BCUT2D eigenvalue weighted by molar-refractivity contribution is -0.139. The summed E-state index contributed by atoms with van der Waals surface area (Å²) in [4.78, 5) is 26.9. The highest BCUT2D eigenvalue weighted by molar-refractivity contribution is 6.46. The second-order valence-corrected chi connectivity index (χ2v) is 6.70. The van der Waals surface area contributed by atoms with E-state index in [2.05, 4.69) is 6.58 Å². The van der Waals surface area contributed by atoms with Crippen LogP contribution in [0.2, 0.25) is 0 Å². The Morgan fingerprint density at radius 2 is 1.53 bits per heavy atom. The second kappa shape index (κ2) is 9.31. The molecule has 0 radical (unpaired) electrons. The van der Waals surface area contributed by atoms with Crippen LogP contribution in [0.25, 0.3) is 5.76 Å². The standard InChI is InChI=1S/C24H25NO5/c1-4-15-25-21(16-7-11-18(12-8-16)29-5-2)20(23(27)24(25)28)22(26)17-9-13-19(14-10-17)30-6-3/h4,7-14,21,26H,1,5-6,15H2,2-3H3/t21-/m0/s1. The van der Waals surface area contributed by atoms with E-state index in [0.717, 1.165) is 0 Å². The van der Waals surface area contributed by atoms with Crippen LogP contribution in [0.3, 0.4) is 0 Å². The van der Waals surface area contributed by atoms with Gasteiger partial charge in [-0.2, -0.15) is 0 Å². The van der Waals surface area contributed by atoms with Gasteiger partial charge in [0.1, 0.15) is 17.3 Å². The summed E-state index contributed by atoms with van der Waals surface area (Å²) in [5, 5.41) is 11.0. The smallest absolute Gasteiger partial charge is 0.295 e. The van der Waals surface area contributed by atoms with E-state index in [0.29, 0.717) is 35.8 Å². The minimum atomic E-state index is -0.720. The van der Waals surface area contributed by atoms with Gasteiger partial charge in [0, 0.05) is 12.1 Å². The number of likely N-dealkylation sites (tertiary alicyclic amines) is 1. The number of amides is 1. The number of nitrogens with zero attached hydrogens (tertiary/aromatic N) is 1. The Hall–Kier alpha value is -3.54. The van der Waals surface area contributed by atoms with Crippen LogP contribution in [0.4, 0.5) is 0 Å². The van der Waals surface area contributed by atoms with Gasteiger partial charge in [-0.25, -0.2) is 0 Å². The third kappa shape index (κ3) is 4.08. The van der Waals surface area contributed by atoms with Crippen molar-refractivity contribution in [2.45, 2.75) is 19.9 Å². The number of carbonyl (C=O) groups is 2. The van der Waals surface area contributed by atoms with E-state index in [-0.39, 0.29) is 17.9 Å². The molecule has 0 aliphatic carbocycles. The number of hydrogen-bond acceptors (Lipinski definition) is 5. The monoisotopic (exact) mass is 407 g/mol. The van der Waals surface area contributed by atoms with E-state index in [1.807, 2.05) is 13.8 Å². The Bertz CT molecular complexity index is 960. The lowest BCUT2D eigenvalue weighted by Gasteiger charge is -2.24. The highest BCUT2D eigenvalue weighted by atomic mass is 16.5. The van der Waals surface area contributed by atoms with Crippen molar-refractivity contribution in [3.05, 3.63) is 77.9 Å². The molecule has 0 bridgehead atoms. The zero-order valence-corrected chi connectivity index (χ0v) is 17.1. The van der Waals surface area contributed by atoms with Gasteiger partial charge in [-0.1, -0.05) is 18.2 Å². The predicted molar refractivity (Wildman–Crippen MR) is 114 cm³/mol. The molecule has 1 aliphatic rings. The summed E-state index contributed by atoms with van der Waals surface area (Å²) in [6, 6.07) is 13.2. The van der Waals surface area contributed by atoms with Crippen molar-refractivity contribution in [1.29, 1.82) is 0 Å². The molecule has 1 atom stereocenters. The van der Waals surface area contributed by atoms with Gasteiger partial charge in [0.15, 0.2) is 0 Å². The largest absolute Gasteiger partial charge is 0.507 e. The lowest BCUT2D eigenvalue weighted by Crippen LogP contribution is -2.29. The third-order valence-electron chi connectivity index (χ3n) is 4.81. The molecule has 1 heterocycles. The Labute approximate surface area is 176 Å². The van der Waals surface area contributed by atoms with Gasteiger partial charge in [0.25, 0.3) is 11.7 Å². The predicted octanol–water partition coefficient (Wildman–Crippen LogP) is 4.09. The fourth-order valence-electron chi connectivity index (χ4n) is 3.50. The molecule has 1 amide bonds. The Morgan fingerprint density at radius 3 is 2.03 bits per heavy atom. The van der Waals surface area contributed by atoms with Crippen LogP contribution < -0.4 is 9.47 Å². The summed E-state index contributed by atoms with van der Waals surface area (Å²) in [5.74, 6) is -0.261. The van der Waals surface area contributed by atoms with Gasteiger partial charge >= 0.3 is 0 Å². The average molecular weight is 407 g/mol. The first kappa shape index (κ1) is 21.2. The minimum absolute atomic E-state index is 0.0511. The first-order chi connectivity index (χ1) is 14.5. The van der Waals surface area contributed by atoms with Crippen molar-refractivity contribution < 1.29 is 24.2 Å². The summed E-state index contributed by atoms with van der Waals surface area (Å²) in [6.07, 6.45) is 1.56. The number of ether oxygens (including phenoxy) is 2. The molecule has 0 saturated carbocycles. The summed E-state index contributed by atoms with van der Waals surface area (Å²) in [7, 11) is 0. The first-order valence-electron chi connectivity index (χ1n) is 9.87. The van der Waals surface area contributed by atoms with Crippen LogP contribution in [0, 0.1) is 0 Å². The molecule has 0 spiro atoms. The topological polar surface area (TPSA) is 76.1 Å². The Kier molecular flexibility index (Phi) is 6.57. The van der Waals surface area contributed by atoms with Crippen LogP contribution in [0.1, 0.15) is 31.0 Å². The number of aliphatic hydroxyl groups is 1. The number of ketones is 1. The molecule has 156 valence electrons. The number of aliphatic hydroxyl groups excluding tert-OH is 1. The van der Waals surface area contributed by atoms with Crippen LogP contribution >= 0.6 is 0 Å². The van der Waals surface area contributed by atoms with E-state index >= 15 is 0 Å². The average Bonchev–Trinajstić information content (AvgIpc) is 3.00. The van der Waals surface area contributed by atoms with Crippen LogP contribution in [0.15, 0.2) is 66.8 Å². The number of Topliss-reactive ketones (excluding diaryl/α,β-unsaturated/α-hetero) is 1. The lowest BCUT2D eigenvalue weighted by atomic mass is 9.95. The van der Waals surface area contributed by atoms with Crippen molar-refractivity contribution in [3.63, 3.8) is 0 Å². The molecule has 2 aromatic rings. The molecular formula is C24H25NO5. The first-order valence-corrected chi connectivity index (χ1v) is 9.87. The minimum Gasteiger partial charge on any atom is -0.507 e. The number of hydrogen-bond donors (Lipinski definition) is 1. The number of rotatable bonds is 8. The third-order valence-corrected chi connectivity index (χ3v) is 4.81. The van der Waals surface area contributed by atoms with Gasteiger partial charge in [-0.15, -0.1) is 6.58 Å². The summed E-state index contributed by atoms with van der Waals surface area (Å²) >= 11 is 0. The molecule has 1 saturated heterocycles. The van der Waals surface area contributed by atoms with E-state index < -0.39 is 17.7 Å². The summed E-state index contributed by atoms with van der Waals surface area (Å²) < 4.78 is 10.9. The zero-order chi connectivity index (χ0) is 21.7. The second-order valence-electron chi connectivity index (χ2n) is 6.70. The molecule has 1 aliphatic heterocycles. The normalized spacial score (nSPS) is 17.8. The van der Waals surface area contributed by atoms with Crippen molar-refractivity contribution in [2.75, 3.05) is 19.8 Å². The van der Waals surface area contributed by atoms with Crippen LogP contribution in [0.5, 0.6) is 11.5 Å². The van der Waals surface area contributed by atoms with E-state index in [1.165, 1.54) is 4.90 Å². The quantitative estimate of drug-likeness (QED) is 0.309. The molecule has 1 fully saturated rings. The molecule has 1 N–H and O–H groups in total. The van der Waals surface area contributed by atoms with Crippen LogP contribution in [-0.4, -0.2) is 41.5 Å². The van der Waals surface area contributed by atoms with Crippen molar-refractivity contribution >= 4 is 17.4 Å². The van der Waals surface area contributed by atoms with Crippen molar-refractivity contribution in [3.8, 4) is 11.5 Å². The number of carbonyl (C=O) groups excluding carboxylic acids is 2. The van der Waals surface area contributed by atoms with Gasteiger partial charge in [-0.05, 0) is 55.8 Å². The molecular weight excluding hydrogens is 382 g/mol. The maximum absolute atomic E-state index is 12.8. The number of benzene rings is 2. The molecule has 2 aromatic carbocycles. The Balaban J connectivity index is 2.08. The van der Waals surface area contributed by atoms with Gasteiger partial charge < -0.3 is 19.5 Å². The fraction of sp³-hybridized carbons (Fsp3) is 0.250. The summed E-state index contributed by atoms with van der Waals surface area (Å²) in [5.41, 5.74) is 1.19. The van der Waals surface area contributed by atoms with E-state index in [9.17, 15) is 14.7 Å². The molecule has 6 nitrogen and oxygen atoms in total. The zero-order valence-electron chi connectivity index (χ0n) is 17.1. The van der Waals surface area contributed by atoms with Crippen LogP contribution in [-0.2, 0) is 9.59 Å². The molecule has 3 rings (SSSR count). The van der Waals surface area contributed by atoms with Gasteiger partial charge in [0.2, 0.25) is 0 Å². The fourth-order valence-corrected chi connectivity index (χ4v) is 3.50. The SMILES string of the molecule is C=CCN1C(=O)C(=O)C(=C(O)c2ccc(OCC)cc2)[C@@H]1c1ccc(OCC)cc1. The Morgan fingerprint density at radius 1 is 1.00 bits per heavy atom. The highest BCUT2D eigenvalue weighted by Gasteiger charge is 2.45. The highest BCUT2D eigenvalue weighted by Crippen LogP contribution is 2.39. The molecule has 0 aromatic heterocycles. The molecule has 6 heteroatoms. The van der Waals surface area contributed by atoms with Crippen molar-refractivity contribution in [1.82, 2.24) is 4.90 Å². The van der Waals surface area contributed by atoms with Gasteiger partial charge in [-0.3, -0.25) is 9.59 Å². The van der Waals surface area contributed by atoms with Crippen molar-refractivity contribution in [2.24, 2.45) is 0 Å². The van der Waals surface area contributed by atoms with Gasteiger partial charge in [0.05, 0.1) is 24.8 Å². The molecule has 0 unspecified atom stereocenters. The maximum Gasteiger partial charge on any atom is 0.295 e. The van der Waals surface area contributed by atoms with E-state index in [1.54, 1.807) is 54.6 Å². The van der Waals surface area contributed by atoms with E-state index in [4.69, 9.17) is 9.47 Å². The molecule has 30 heavy (non-hydrogen) atoms. The maximum atomic E-state index is 12.8. The summed E-state index contributed by atoms with van der Waals surface area (Å²) in [6.45, 7) is 8.70.